The average Bonchev–Trinajstić information content (AvgIpc) is 3.48. The fraction of sp³-hybridized carbons (Fsp3) is 0.115. The lowest BCUT2D eigenvalue weighted by atomic mass is 10.1. The van der Waals surface area contributed by atoms with Gasteiger partial charge in [-0.3, -0.25) is 25.0 Å². The second-order valence-corrected chi connectivity index (χ2v) is 8.55. The third kappa shape index (κ3) is 3.60. The maximum absolute atomic E-state index is 4.65. The molecule has 6 aromatic rings. The summed E-state index contributed by atoms with van der Waals surface area (Å²) >= 11 is 0. The number of aromatic amines is 2. The summed E-state index contributed by atoms with van der Waals surface area (Å²) in [5.41, 5.74) is 8.38. The number of H-pyrrole nitrogens is 2. The molecule has 0 saturated carbocycles. The van der Waals surface area contributed by atoms with Crippen molar-refractivity contribution in [2.24, 2.45) is 0 Å². The predicted octanol–water partition coefficient (Wildman–Crippen LogP) is 4.69. The maximum atomic E-state index is 4.65. The van der Waals surface area contributed by atoms with E-state index in [1.54, 1.807) is 6.20 Å². The van der Waals surface area contributed by atoms with Gasteiger partial charge >= 0.3 is 0 Å². The van der Waals surface area contributed by atoms with Gasteiger partial charge in [0.1, 0.15) is 5.69 Å². The van der Waals surface area contributed by atoms with Crippen molar-refractivity contribution in [3.63, 3.8) is 0 Å². The minimum absolute atomic E-state index is 0.821. The van der Waals surface area contributed by atoms with Crippen LogP contribution in [-0.2, 0) is 6.54 Å². The minimum atomic E-state index is 0.821. The normalized spacial score (nSPS) is 11.6. The molecule has 0 aliphatic carbocycles. The first kappa shape index (κ1) is 20.2. The van der Waals surface area contributed by atoms with Crippen molar-refractivity contribution >= 4 is 21.8 Å². The Hall–Kier alpha value is -4.43. The first-order valence-corrected chi connectivity index (χ1v) is 11.0. The van der Waals surface area contributed by atoms with Gasteiger partial charge in [-0.2, -0.15) is 5.10 Å². The van der Waals surface area contributed by atoms with Crippen LogP contribution in [0.5, 0.6) is 0 Å². The van der Waals surface area contributed by atoms with Crippen LogP contribution in [0.25, 0.3) is 55.7 Å². The van der Waals surface area contributed by atoms with Gasteiger partial charge in [-0.25, -0.2) is 0 Å². The average molecular weight is 447 g/mol. The molecule has 8 nitrogen and oxygen atoms in total. The zero-order valence-corrected chi connectivity index (χ0v) is 18.8. The van der Waals surface area contributed by atoms with Crippen molar-refractivity contribution in [1.29, 1.82) is 0 Å². The van der Waals surface area contributed by atoms with E-state index in [9.17, 15) is 0 Å². The zero-order chi connectivity index (χ0) is 23.1. The molecule has 0 aliphatic rings. The molecule has 8 heteroatoms. The number of nitrogens with one attached hydrogen (secondary N) is 2. The van der Waals surface area contributed by atoms with Gasteiger partial charge < -0.3 is 9.88 Å². The second-order valence-electron chi connectivity index (χ2n) is 8.55. The van der Waals surface area contributed by atoms with Crippen molar-refractivity contribution in [2.75, 3.05) is 14.1 Å². The molecule has 2 N–H and O–H groups in total. The monoisotopic (exact) mass is 446 g/mol. The number of hydrogen-bond donors (Lipinski definition) is 2. The number of nitrogens with zero attached hydrogens (tertiary/aromatic N) is 6. The highest BCUT2D eigenvalue weighted by Crippen LogP contribution is 2.33. The maximum Gasteiger partial charge on any atom is 0.116 e. The van der Waals surface area contributed by atoms with Crippen LogP contribution in [-0.4, -0.2) is 54.1 Å². The Morgan fingerprint density at radius 1 is 0.824 bits per heavy atom. The van der Waals surface area contributed by atoms with Crippen LogP contribution in [0.2, 0.25) is 0 Å². The highest BCUT2D eigenvalue weighted by Gasteiger charge is 2.15. The molecule has 0 radical (unpaired) electrons. The van der Waals surface area contributed by atoms with Gasteiger partial charge in [0.15, 0.2) is 0 Å². The van der Waals surface area contributed by atoms with Crippen LogP contribution < -0.4 is 0 Å². The van der Waals surface area contributed by atoms with E-state index in [4.69, 9.17) is 0 Å². The number of pyridine rings is 4. The third-order valence-electron chi connectivity index (χ3n) is 5.78. The summed E-state index contributed by atoms with van der Waals surface area (Å²) in [6, 6.07) is 12.2. The van der Waals surface area contributed by atoms with Gasteiger partial charge in [0.25, 0.3) is 0 Å². The molecular formula is C26H22N8. The molecule has 0 spiro atoms. The van der Waals surface area contributed by atoms with E-state index in [-0.39, 0.29) is 0 Å². The van der Waals surface area contributed by atoms with Crippen LogP contribution in [0.1, 0.15) is 5.56 Å². The van der Waals surface area contributed by atoms with Crippen LogP contribution in [0.3, 0.4) is 0 Å². The molecule has 0 saturated heterocycles. The lowest BCUT2D eigenvalue weighted by Gasteiger charge is -2.10. The zero-order valence-electron chi connectivity index (χ0n) is 18.8. The first-order chi connectivity index (χ1) is 16.7. The van der Waals surface area contributed by atoms with Gasteiger partial charge in [0.05, 0.1) is 40.5 Å². The van der Waals surface area contributed by atoms with Crippen LogP contribution in [0.4, 0.5) is 0 Å². The Bertz CT molecular complexity index is 1610. The van der Waals surface area contributed by atoms with E-state index in [2.05, 4.69) is 58.2 Å². The summed E-state index contributed by atoms with van der Waals surface area (Å²) in [6.07, 6.45) is 11.0. The van der Waals surface area contributed by atoms with Crippen molar-refractivity contribution in [1.82, 2.24) is 40.0 Å². The molecule has 0 atom stereocenters. The van der Waals surface area contributed by atoms with Gasteiger partial charge in [-0.1, -0.05) is 6.07 Å². The fourth-order valence-corrected chi connectivity index (χ4v) is 4.26. The first-order valence-electron chi connectivity index (χ1n) is 11.0. The molecular weight excluding hydrogens is 424 g/mol. The van der Waals surface area contributed by atoms with E-state index in [0.717, 1.165) is 67.8 Å². The largest absolute Gasteiger partial charge is 0.352 e. The van der Waals surface area contributed by atoms with Crippen LogP contribution >= 0.6 is 0 Å². The van der Waals surface area contributed by atoms with Crippen LogP contribution in [0, 0.1) is 0 Å². The molecule has 6 rings (SSSR count). The molecule has 0 amide bonds. The van der Waals surface area contributed by atoms with Crippen molar-refractivity contribution in [3.05, 3.63) is 79.1 Å². The SMILES string of the molecule is CN(C)Cc1cncc(-c2cc3c(-c4cc5c(-c6ccccn6)cncc5[nH]4)n[nH]c3cn2)c1. The Morgan fingerprint density at radius 2 is 1.74 bits per heavy atom. The number of rotatable bonds is 5. The molecule has 0 aromatic carbocycles. The topological polar surface area (TPSA) is 99.3 Å². The molecule has 0 unspecified atom stereocenters. The van der Waals surface area contributed by atoms with E-state index >= 15 is 0 Å². The van der Waals surface area contributed by atoms with Gasteiger partial charge in [-0.15, -0.1) is 0 Å². The molecule has 0 bridgehead atoms. The smallest absolute Gasteiger partial charge is 0.116 e. The molecule has 34 heavy (non-hydrogen) atoms. The summed E-state index contributed by atoms with van der Waals surface area (Å²) in [7, 11) is 4.09. The number of hydrogen-bond acceptors (Lipinski definition) is 6. The minimum Gasteiger partial charge on any atom is -0.352 e. The summed E-state index contributed by atoms with van der Waals surface area (Å²) in [5.74, 6) is 0. The van der Waals surface area contributed by atoms with E-state index < -0.39 is 0 Å². The standard InChI is InChI=1S/C26H22N8/c1-34(2)15-16-7-17(11-27-10-16)22-9-19-25(14-30-22)32-33-26(19)23-8-18-20(12-28-13-24(18)31-23)21-5-3-4-6-29-21/h3-14,31H,15H2,1-2H3,(H,32,33). The Morgan fingerprint density at radius 3 is 2.59 bits per heavy atom. The summed E-state index contributed by atoms with van der Waals surface area (Å²) in [6.45, 7) is 0.821. The summed E-state index contributed by atoms with van der Waals surface area (Å²) in [4.78, 5) is 23.6. The van der Waals surface area contributed by atoms with Crippen molar-refractivity contribution < 1.29 is 0 Å². The number of aromatic nitrogens is 7. The summed E-state index contributed by atoms with van der Waals surface area (Å²) < 4.78 is 0. The van der Waals surface area contributed by atoms with E-state index in [1.807, 2.05) is 63.3 Å². The highest BCUT2D eigenvalue weighted by molar-refractivity contribution is 6.00. The molecule has 0 fully saturated rings. The third-order valence-corrected chi connectivity index (χ3v) is 5.78. The number of fused-ring (bicyclic) bond motifs is 2. The van der Waals surface area contributed by atoms with Gasteiger partial charge in [0.2, 0.25) is 0 Å². The van der Waals surface area contributed by atoms with E-state index in [1.165, 1.54) is 0 Å². The molecule has 166 valence electrons. The summed E-state index contributed by atoms with van der Waals surface area (Å²) in [5, 5.41) is 9.75. The van der Waals surface area contributed by atoms with Crippen LogP contribution in [0.15, 0.2) is 73.6 Å². The van der Waals surface area contributed by atoms with E-state index in [0.29, 0.717) is 0 Å². The van der Waals surface area contributed by atoms with Crippen molar-refractivity contribution in [3.8, 4) is 33.9 Å². The Balaban J connectivity index is 1.45. The second kappa shape index (κ2) is 8.17. The quantitative estimate of drug-likeness (QED) is 0.399. The molecule has 6 heterocycles. The Kier molecular flexibility index (Phi) is 4.85. The van der Waals surface area contributed by atoms with Gasteiger partial charge in [-0.05, 0) is 50.0 Å². The van der Waals surface area contributed by atoms with Crippen molar-refractivity contribution in [2.45, 2.75) is 6.54 Å². The lowest BCUT2D eigenvalue weighted by molar-refractivity contribution is 0.402. The molecule has 0 aliphatic heterocycles. The van der Waals surface area contributed by atoms with Gasteiger partial charge in [0, 0.05) is 53.2 Å². The predicted molar refractivity (Wildman–Crippen MR) is 133 cm³/mol. The lowest BCUT2D eigenvalue weighted by Crippen LogP contribution is -2.10. The fourth-order valence-electron chi connectivity index (χ4n) is 4.26. The Labute approximate surface area is 195 Å². The molecule has 6 aromatic heterocycles. The highest BCUT2D eigenvalue weighted by atomic mass is 15.1.